The quantitative estimate of drug-likeness (QED) is 0.871. The van der Waals surface area contributed by atoms with Crippen molar-refractivity contribution in [2.24, 2.45) is 17.6 Å². The fraction of sp³-hybridized carbons (Fsp3) is 0.562. The number of carbonyl (C=O) groups is 1. The normalized spacial score (nSPS) is 23.3. The lowest BCUT2D eigenvalue weighted by Crippen LogP contribution is -2.27. The maximum atomic E-state index is 11.0. The van der Waals surface area contributed by atoms with Gasteiger partial charge in [0.2, 0.25) is 5.91 Å². The second kappa shape index (κ2) is 6.09. The molecule has 1 aromatic carbocycles. The molecule has 2 rings (SSSR count). The standard InChI is InChI=1S/C16H24N2O/c1-11(2)12-3-7-14(8-4-12)18-15-9-5-13(6-10-15)16(17)19/h5-6,9-12,14,18H,3-4,7-8H2,1-2H3,(H2,17,19). The summed E-state index contributed by atoms with van der Waals surface area (Å²) < 4.78 is 0. The van der Waals surface area contributed by atoms with E-state index < -0.39 is 0 Å². The molecular weight excluding hydrogens is 236 g/mol. The number of hydrogen-bond donors (Lipinski definition) is 2. The molecule has 1 aliphatic carbocycles. The summed E-state index contributed by atoms with van der Waals surface area (Å²) in [5, 5.41) is 3.55. The van der Waals surface area contributed by atoms with Crippen LogP contribution >= 0.6 is 0 Å². The van der Waals surface area contributed by atoms with E-state index >= 15 is 0 Å². The molecule has 0 atom stereocenters. The molecule has 0 aliphatic heterocycles. The van der Waals surface area contributed by atoms with E-state index in [1.807, 2.05) is 12.1 Å². The Balaban J connectivity index is 1.87. The van der Waals surface area contributed by atoms with Crippen LogP contribution in [0.15, 0.2) is 24.3 Å². The van der Waals surface area contributed by atoms with Crippen LogP contribution in [-0.4, -0.2) is 11.9 Å². The predicted molar refractivity (Wildman–Crippen MR) is 79.2 cm³/mol. The highest BCUT2D eigenvalue weighted by Gasteiger charge is 2.22. The Kier molecular flexibility index (Phi) is 4.46. The first-order chi connectivity index (χ1) is 9.06. The highest BCUT2D eigenvalue weighted by atomic mass is 16.1. The van der Waals surface area contributed by atoms with E-state index in [9.17, 15) is 4.79 Å². The maximum absolute atomic E-state index is 11.0. The third-order valence-corrected chi connectivity index (χ3v) is 4.25. The van der Waals surface area contributed by atoms with Gasteiger partial charge in [0.1, 0.15) is 0 Å². The van der Waals surface area contributed by atoms with Gasteiger partial charge in [0.25, 0.3) is 0 Å². The third-order valence-electron chi connectivity index (χ3n) is 4.25. The molecule has 0 radical (unpaired) electrons. The van der Waals surface area contributed by atoms with Gasteiger partial charge in [-0.05, 0) is 61.8 Å². The molecule has 1 fully saturated rings. The zero-order valence-corrected chi connectivity index (χ0v) is 11.9. The maximum Gasteiger partial charge on any atom is 0.248 e. The van der Waals surface area contributed by atoms with Gasteiger partial charge in [-0.15, -0.1) is 0 Å². The van der Waals surface area contributed by atoms with Gasteiger partial charge in [0, 0.05) is 17.3 Å². The first-order valence-corrected chi connectivity index (χ1v) is 7.22. The lowest BCUT2D eigenvalue weighted by Gasteiger charge is -2.31. The van der Waals surface area contributed by atoms with Crippen molar-refractivity contribution in [1.29, 1.82) is 0 Å². The first-order valence-electron chi connectivity index (χ1n) is 7.22. The average Bonchev–Trinajstić information content (AvgIpc) is 2.40. The SMILES string of the molecule is CC(C)C1CCC(Nc2ccc(C(N)=O)cc2)CC1. The molecule has 104 valence electrons. The molecule has 0 heterocycles. The van der Waals surface area contributed by atoms with Crippen LogP contribution in [0, 0.1) is 11.8 Å². The number of rotatable bonds is 4. The molecule has 0 aromatic heterocycles. The summed E-state index contributed by atoms with van der Waals surface area (Å²) in [6.07, 6.45) is 5.10. The minimum absolute atomic E-state index is 0.371. The fourth-order valence-corrected chi connectivity index (χ4v) is 2.90. The van der Waals surface area contributed by atoms with Crippen molar-refractivity contribution in [3.05, 3.63) is 29.8 Å². The summed E-state index contributed by atoms with van der Waals surface area (Å²) in [5.74, 6) is 1.31. The molecule has 1 amide bonds. The Labute approximate surface area is 115 Å². The van der Waals surface area contributed by atoms with Gasteiger partial charge in [0.05, 0.1) is 0 Å². The van der Waals surface area contributed by atoms with Crippen molar-refractivity contribution >= 4 is 11.6 Å². The second-order valence-corrected chi connectivity index (χ2v) is 5.94. The van der Waals surface area contributed by atoms with Crippen molar-refractivity contribution in [3.8, 4) is 0 Å². The minimum Gasteiger partial charge on any atom is -0.382 e. The van der Waals surface area contributed by atoms with Crippen LogP contribution in [0.1, 0.15) is 49.9 Å². The van der Waals surface area contributed by atoms with Crippen molar-refractivity contribution in [3.63, 3.8) is 0 Å². The highest BCUT2D eigenvalue weighted by Crippen LogP contribution is 2.31. The van der Waals surface area contributed by atoms with Gasteiger partial charge in [-0.1, -0.05) is 13.8 Å². The summed E-state index contributed by atoms with van der Waals surface area (Å²) in [6, 6.07) is 8.01. The van der Waals surface area contributed by atoms with Crippen LogP contribution in [0.3, 0.4) is 0 Å². The molecule has 3 nitrogen and oxygen atoms in total. The highest BCUT2D eigenvalue weighted by molar-refractivity contribution is 5.93. The molecule has 3 N–H and O–H groups in total. The smallest absolute Gasteiger partial charge is 0.248 e. The molecule has 3 heteroatoms. The van der Waals surface area contributed by atoms with Crippen LogP contribution in [0.4, 0.5) is 5.69 Å². The van der Waals surface area contributed by atoms with Crippen molar-refractivity contribution < 1.29 is 4.79 Å². The zero-order chi connectivity index (χ0) is 13.8. The molecule has 0 saturated heterocycles. The van der Waals surface area contributed by atoms with E-state index in [2.05, 4.69) is 19.2 Å². The number of nitrogens with one attached hydrogen (secondary N) is 1. The lowest BCUT2D eigenvalue weighted by atomic mass is 9.79. The topological polar surface area (TPSA) is 55.1 Å². The van der Waals surface area contributed by atoms with Gasteiger partial charge < -0.3 is 11.1 Å². The van der Waals surface area contributed by atoms with Crippen LogP contribution in [-0.2, 0) is 0 Å². The molecule has 0 bridgehead atoms. The van der Waals surface area contributed by atoms with E-state index in [0.717, 1.165) is 17.5 Å². The van der Waals surface area contributed by atoms with Crippen LogP contribution in [0.5, 0.6) is 0 Å². The Hall–Kier alpha value is -1.51. The average molecular weight is 260 g/mol. The van der Waals surface area contributed by atoms with E-state index in [1.54, 1.807) is 12.1 Å². The third kappa shape index (κ3) is 3.72. The zero-order valence-electron chi connectivity index (χ0n) is 11.9. The first kappa shape index (κ1) is 13.9. The predicted octanol–water partition coefficient (Wildman–Crippen LogP) is 3.41. The van der Waals surface area contributed by atoms with E-state index in [4.69, 9.17) is 5.73 Å². The van der Waals surface area contributed by atoms with Crippen LogP contribution in [0.2, 0.25) is 0 Å². The van der Waals surface area contributed by atoms with E-state index in [0.29, 0.717) is 11.6 Å². The van der Waals surface area contributed by atoms with Crippen molar-refractivity contribution in [2.45, 2.75) is 45.6 Å². The van der Waals surface area contributed by atoms with Gasteiger partial charge in [-0.3, -0.25) is 4.79 Å². The summed E-state index contributed by atoms with van der Waals surface area (Å²) in [7, 11) is 0. The molecule has 1 aromatic rings. The Bertz CT molecular complexity index is 417. The Morgan fingerprint density at radius 3 is 2.21 bits per heavy atom. The van der Waals surface area contributed by atoms with Crippen molar-refractivity contribution in [1.82, 2.24) is 0 Å². The molecule has 1 saturated carbocycles. The molecule has 0 unspecified atom stereocenters. The summed E-state index contributed by atoms with van der Waals surface area (Å²) in [6.45, 7) is 4.64. The Morgan fingerprint density at radius 1 is 1.16 bits per heavy atom. The number of hydrogen-bond acceptors (Lipinski definition) is 2. The fourth-order valence-electron chi connectivity index (χ4n) is 2.90. The van der Waals surface area contributed by atoms with Crippen LogP contribution in [0.25, 0.3) is 0 Å². The number of primary amides is 1. The van der Waals surface area contributed by atoms with Gasteiger partial charge >= 0.3 is 0 Å². The number of amides is 1. The van der Waals surface area contributed by atoms with Crippen molar-refractivity contribution in [2.75, 3.05) is 5.32 Å². The summed E-state index contributed by atoms with van der Waals surface area (Å²) in [4.78, 5) is 11.0. The molecule has 19 heavy (non-hydrogen) atoms. The minimum atomic E-state index is -0.371. The van der Waals surface area contributed by atoms with E-state index in [1.165, 1.54) is 25.7 Å². The summed E-state index contributed by atoms with van der Waals surface area (Å²) in [5.41, 5.74) is 6.88. The number of nitrogens with two attached hydrogens (primary N) is 1. The summed E-state index contributed by atoms with van der Waals surface area (Å²) >= 11 is 0. The lowest BCUT2D eigenvalue weighted by molar-refractivity contribution is 0.100. The second-order valence-electron chi connectivity index (χ2n) is 5.94. The Morgan fingerprint density at radius 2 is 1.74 bits per heavy atom. The number of anilines is 1. The van der Waals surface area contributed by atoms with Gasteiger partial charge in [0.15, 0.2) is 0 Å². The molecule has 1 aliphatic rings. The van der Waals surface area contributed by atoms with Crippen LogP contribution < -0.4 is 11.1 Å². The van der Waals surface area contributed by atoms with E-state index in [-0.39, 0.29) is 5.91 Å². The largest absolute Gasteiger partial charge is 0.382 e. The molecule has 0 spiro atoms. The number of carbonyl (C=O) groups excluding carboxylic acids is 1. The molecular formula is C16H24N2O. The number of benzene rings is 1. The monoisotopic (exact) mass is 260 g/mol. The van der Waals surface area contributed by atoms with Gasteiger partial charge in [-0.2, -0.15) is 0 Å². The van der Waals surface area contributed by atoms with Gasteiger partial charge in [-0.25, -0.2) is 0 Å².